The summed E-state index contributed by atoms with van der Waals surface area (Å²) in [5, 5.41) is 12.6. The first kappa shape index (κ1) is 16.7. The average molecular weight is 356 g/mol. The van der Waals surface area contributed by atoms with Crippen molar-refractivity contribution < 1.29 is 14.7 Å². The summed E-state index contributed by atoms with van der Waals surface area (Å²) < 4.78 is 0. The van der Waals surface area contributed by atoms with E-state index >= 15 is 0 Å². The minimum absolute atomic E-state index is 0.0466. The van der Waals surface area contributed by atoms with Crippen LogP contribution in [0.25, 0.3) is 0 Å². The van der Waals surface area contributed by atoms with Crippen LogP contribution in [0.4, 0.5) is 5.69 Å². The van der Waals surface area contributed by atoms with Crippen LogP contribution in [0.1, 0.15) is 10.4 Å². The molecule has 0 aromatic heterocycles. The van der Waals surface area contributed by atoms with Crippen LogP contribution in [-0.2, 0) is 4.79 Å². The zero-order chi connectivity index (χ0) is 16.1. The van der Waals surface area contributed by atoms with Crippen LogP contribution >= 0.6 is 35.0 Å². The predicted molar refractivity (Wildman–Crippen MR) is 89.2 cm³/mol. The molecule has 1 amide bonds. The van der Waals surface area contributed by atoms with Crippen molar-refractivity contribution in [2.24, 2.45) is 0 Å². The molecule has 0 heterocycles. The number of hydrogen-bond donors (Lipinski definition) is 2. The van der Waals surface area contributed by atoms with Gasteiger partial charge in [0.25, 0.3) is 0 Å². The molecule has 0 aliphatic rings. The highest BCUT2D eigenvalue weighted by molar-refractivity contribution is 8.00. The molecule has 0 bridgehead atoms. The number of thioether (sulfide) groups is 1. The lowest BCUT2D eigenvalue weighted by molar-refractivity contribution is -0.113. The number of anilines is 1. The van der Waals surface area contributed by atoms with Gasteiger partial charge in [-0.15, -0.1) is 11.8 Å². The van der Waals surface area contributed by atoms with Gasteiger partial charge in [0.15, 0.2) is 0 Å². The number of nitrogens with one attached hydrogen (secondary N) is 1. The van der Waals surface area contributed by atoms with E-state index in [2.05, 4.69) is 5.32 Å². The number of halogens is 2. The summed E-state index contributed by atoms with van der Waals surface area (Å²) in [6.45, 7) is 0. The van der Waals surface area contributed by atoms with Gasteiger partial charge in [0.2, 0.25) is 5.91 Å². The molecule has 0 saturated heterocycles. The van der Waals surface area contributed by atoms with Crippen molar-refractivity contribution in [3.8, 4) is 0 Å². The molecule has 2 N–H and O–H groups in total. The lowest BCUT2D eigenvalue weighted by Gasteiger charge is -2.08. The molecule has 2 rings (SSSR count). The molecule has 0 unspecified atom stereocenters. The molecule has 0 aliphatic carbocycles. The number of aromatic carboxylic acids is 1. The second kappa shape index (κ2) is 7.54. The fourth-order valence-corrected chi connectivity index (χ4v) is 2.99. The Morgan fingerprint density at radius 2 is 1.86 bits per heavy atom. The third-order valence-electron chi connectivity index (χ3n) is 2.68. The zero-order valence-corrected chi connectivity index (χ0v) is 13.5. The Morgan fingerprint density at radius 1 is 1.14 bits per heavy atom. The Hall–Kier alpha value is -1.69. The molecular formula is C15H11Cl2NO3S. The maximum absolute atomic E-state index is 11.9. The third kappa shape index (κ3) is 4.40. The third-order valence-corrected chi connectivity index (χ3v) is 4.42. The largest absolute Gasteiger partial charge is 0.478 e. The van der Waals surface area contributed by atoms with E-state index < -0.39 is 5.97 Å². The minimum Gasteiger partial charge on any atom is -0.478 e. The van der Waals surface area contributed by atoms with E-state index in [0.717, 1.165) is 4.90 Å². The van der Waals surface area contributed by atoms with Gasteiger partial charge in [-0.05, 0) is 30.3 Å². The first-order valence-corrected chi connectivity index (χ1v) is 7.91. The zero-order valence-electron chi connectivity index (χ0n) is 11.2. The highest BCUT2D eigenvalue weighted by atomic mass is 35.5. The summed E-state index contributed by atoms with van der Waals surface area (Å²) in [6.07, 6.45) is 0. The number of rotatable bonds is 5. The Kier molecular flexibility index (Phi) is 5.71. The minimum atomic E-state index is -1.09. The van der Waals surface area contributed by atoms with Gasteiger partial charge in [-0.2, -0.15) is 0 Å². The van der Waals surface area contributed by atoms with E-state index in [1.165, 1.54) is 17.8 Å². The van der Waals surface area contributed by atoms with Gasteiger partial charge in [-0.1, -0.05) is 35.3 Å². The summed E-state index contributed by atoms with van der Waals surface area (Å²) in [6, 6.07) is 11.2. The van der Waals surface area contributed by atoms with Crippen LogP contribution in [0.3, 0.4) is 0 Å². The van der Waals surface area contributed by atoms with E-state index in [-0.39, 0.29) is 22.9 Å². The van der Waals surface area contributed by atoms with Crippen LogP contribution in [0.2, 0.25) is 10.0 Å². The standard InChI is InChI=1S/C15H11Cl2NO3S/c16-9-5-6-13(11(17)7-9)22-8-14(19)18-12-4-2-1-3-10(12)15(20)21/h1-7H,8H2,(H,18,19)(H,20,21). The second-order valence-electron chi connectivity index (χ2n) is 4.26. The average Bonchev–Trinajstić information content (AvgIpc) is 2.46. The summed E-state index contributed by atoms with van der Waals surface area (Å²) in [7, 11) is 0. The summed E-state index contributed by atoms with van der Waals surface area (Å²) in [4.78, 5) is 23.7. The van der Waals surface area contributed by atoms with E-state index in [9.17, 15) is 9.59 Å². The molecule has 0 aliphatic heterocycles. The molecule has 2 aromatic carbocycles. The molecule has 0 radical (unpaired) electrons. The molecule has 0 atom stereocenters. The molecule has 0 spiro atoms. The molecule has 4 nitrogen and oxygen atoms in total. The molecule has 0 saturated carbocycles. The quantitative estimate of drug-likeness (QED) is 0.779. The monoisotopic (exact) mass is 355 g/mol. The highest BCUT2D eigenvalue weighted by Crippen LogP contribution is 2.29. The van der Waals surface area contributed by atoms with E-state index in [1.54, 1.807) is 36.4 Å². The van der Waals surface area contributed by atoms with Crippen LogP contribution in [0.5, 0.6) is 0 Å². The van der Waals surface area contributed by atoms with Gasteiger partial charge in [0.1, 0.15) is 0 Å². The SMILES string of the molecule is O=C(CSc1ccc(Cl)cc1Cl)Nc1ccccc1C(=O)O. The summed E-state index contributed by atoms with van der Waals surface area (Å²) in [5.74, 6) is -1.30. The molecular weight excluding hydrogens is 345 g/mol. The van der Waals surface area contributed by atoms with Crippen molar-refractivity contribution in [2.45, 2.75) is 4.90 Å². The number of carbonyl (C=O) groups is 2. The number of carboxylic acid groups (broad SMARTS) is 1. The van der Waals surface area contributed by atoms with E-state index in [4.69, 9.17) is 28.3 Å². The molecule has 7 heteroatoms. The van der Waals surface area contributed by atoms with Gasteiger partial charge >= 0.3 is 5.97 Å². The van der Waals surface area contributed by atoms with E-state index in [0.29, 0.717) is 10.0 Å². The Balaban J connectivity index is 2.00. The number of amides is 1. The van der Waals surface area contributed by atoms with Crippen molar-refractivity contribution in [1.29, 1.82) is 0 Å². The number of carbonyl (C=O) groups excluding carboxylic acids is 1. The van der Waals surface area contributed by atoms with Crippen LogP contribution in [0, 0.1) is 0 Å². The smallest absolute Gasteiger partial charge is 0.337 e. The first-order valence-electron chi connectivity index (χ1n) is 6.17. The summed E-state index contributed by atoms with van der Waals surface area (Å²) >= 11 is 13.1. The molecule has 114 valence electrons. The fourth-order valence-electron chi connectivity index (χ4n) is 1.70. The second-order valence-corrected chi connectivity index (χ2v) is 6.12. The van der Waals surface area contributed by atoms with Crippen LogP contribution in [0.15, 0.2) is 47.4 Å². The molecule has 0 fully saturated rings. The number of para-hydroxylation sites is 1. The highest BCUT2D eigenvalue weighted by Gasteiger charge is 2.12. The van der Waals surface area contributed by atoms with Gasteiger partial charge < -0.3 is 10.4 Å². The number of hydrogen-bond acceptors (Lipinski definition) is 3. The summed E-state index contributed by atoms with van der Waals surface area (Å²) in [5.41, 5.74) is 0.313. The number of benzene rings is 2. The normalized spacial score (nSPS) is 10.3. The number of carboxylic acids is 1. The van der Waals surface area contributed by atoms with E-state index in [1.807, 2.05) is 0 Å². The molecule has 2 aromatic rings. The lowest BCUT2D eigenvalue weighted by atomic mass is 10.2. The van der Waals surface area contributed by atoms with Crippen LogP contribution < -0.4 is 5.32 Å². The van der Waals surface area contributed by atoms with Gasteiger partial charge in [-0.25, -0.2) is 4.79 Å². The maximum atomic E-state index is 11.9. The maximum Gasteiger partial charge on any atom is 0.337 e. The van der Waals surface area contributed by atoms with Crippen molar-refractivity contribution in [3.63, 3.8) is 0 Å². The Morgan fingerprint density at radius 3 is 2.55 bits per heavy atom. The van der Waals surface area contributed by atoms with Crippen LogP contribution in [-0.4, -0.2) is 22.7 Å². The van der Waals surface area contributed by atoms with Gasteiger partial charge in [0.05, 0.1) is 22.0 Å². The Bertz CT molecular complexity index is 722. The predicted octanol–water partition coefficient (Wildman–Crippen LogP) is 4.42. The van der Waals surface area contributed by atoms with Crippen molar-refractivity contribution in [2.75, 3.05) is 11.1 Å². The Labute approximate surface area is 141 Å². The van der Waals surface area contributed by atoms with Gasteiger partial charge in [-0.3, -0.25) is 4.79 Å². The first-order chi connectivity index (χ1) is 10.5. The topological polar surface area (TPSA) is 66.4 Å². The van der Waals surface area contributed by atoms with Crippen molar-refractivity contribution in [3.05, 3.63) is 58.1 Å². The van der Waals surface area contributed by atoms with Gasteiger partial charge in [0, 0.05) is 9.92 Å². The van der Waals surface area contributed by atoms with Crippen molar-refractivity contribution >= 4 is 52.5 Å². The van der Waals surface area contributed by atoms with Crippen molar-refractivity contribution in [1.82, 2.24) is 0 Å². The molecule has 22 heavy (non-hydrogen) atoms. The fraction of sp³-hybridized carbons (Fsp3) is 0.0667. The lowest BCUT2D eigenvalue weighted by Crippen LogP contribution is -2.16.